The summed E-state index contributed by atoms with van der Waals surface area (Å²) in [6.07, 6.45) is 3.56. The fourth-order valence-electron chi connectivity index (χ4n) is 2.15. The van der Waals surface area contributed by atoms with Crippen LogP contribution in [0.25, 0.3) is 5.65 Å². The Morgan fingerprint density at radius 2 is 2.14 bits per heavy atom. The van der Waals surface area contributed by atoms with Crippen LogP contribution >= 0.6 is 11.6 Å². The molecule has 0 radical (unpaired) electrons. The zero-order chi connectivity index (χ0) is 15.5. The molecule has 0 bridgehead atoms. The Labute approximate surface area is 132 Å². The second kappa shape index (κ2) is 6.07. The lowest BCUT2D eigenvalue weighted by Gasteiger charge is -2.11. The van der Waals surface area contributed by atoms with Crippen molar-refractivity contribution in [2.24, 2.45) is 0 Å². The van der Waals surface area contributed by atoms with Crippen molar-refractivity contribution in [3.05, 3.63) is 59.5 Å². The number of carbonyl (C=O) groups excluding carboxylic acids is 1. The Hall–Kier alpha value is -2.53. The van der Waals surface area contributed by atoms with E-state index in [1.807, 2.05) is 29.7 Å². The largest absolute Gasteiger partial charge is 0.482 e. The molecule has 0 saturated heterocycles. The minimum absolute atomic E-state index is 0.106. The zero-order valence-corrected chi connectivity index (χ0v) is 12.7. The molecule has 6 heteroatoms. The van der Waals surface area contributed by atoms with Crippen LogP contribution in [0.4, 0.5) is 5.69 Å². The number of halogens is 1. The number of hydrogen-bond donors (Lipinski definition) is 1. The molecule has 112 valence electrons. The number of pyridine rings is 1. The van der Waals surface area contributed by atoms with E-state index in [9.17, 15) is 4.79 Å². The van der Waals surface area contributed by atoms with E-state index in [0.717, 1.165) is 17.0 Å². The number of aryl methyl sites for hydroxylation is 1. The topological polar surface area (TPSA) is 55.6 Å². The highest BCUT2D eigenvalue weighted by Crippen LogP contribution is 2.23. The number of ether oxygens (including phenoxy) is 1. The lowest BCUT2D eigenvalue weighted by molar-refractivity contribution is -0.118. The molecule has 22 heavy (non-hydrogen) atoms. The lowest BCUT2D eigenvalue weighted by Crippen LogP contribution is -2.21. The summed E-state index contributed by atoms with van der Waals surface area (Å²) in [5.74, 6) is 0.239. The number of fused-ring (bicyclic) bond motifs is 1. The molecule has 0 fully saturated rings. The molecule has 0 unspecified atom stereocenters. The van der Waals surface area contributed by atoms with Crippen LogP contribution in [0.15, 0.2) is 48.8 Å². The molecule has 0 atom stereocenters. The molecule has 2 heterocycles. The molecule has 1 aromatic carbocycles. The van der Waals surface area contributed by atoms with Gasteiger partial charge in [0.25, 0.3) is 5.91 Å². The number of nitrogens with one attached hydrogen (secondary N) is 1. The maximum absolute atomic E-state index is 12.0. The predicted octanol–water partition coefficient (Wildman–Crippen LogP) is 3.31. The van der Waals surface area contributed by atoms with Gasteiger partial charge in [0.1, 0.15) is 11.4 Å². The Bertz CT molecular complexity index is 829. The van der Waals surface area contributed by atoms with Gasteiger partial charge in [-0.1, -0.05) is 23.7 Å². The molecule has 0 spiro atoms. The molecule has 5 nitrogen and oxygen atoms in total. The SMILES string of the molecule is Cc1c(NC(=O)COc2ccccc2Cl)ccc2nccn12. The van der Waals surface area contributed by atoms with Crippen LogP contribution < -0.4 is 10.1 Å². The van der Waals surface area contributed by atoms with E-state index in [-0.39, 0.29) is 12.5 Å². The average Bonchev–Trinajstić information content (AvgIpc) is 2.99. The Morgan fingerprint density at radius 1 is 1.32 bits per heavy atom. The van der Waals surface area contributed by atoms with Gasteiger partial charge in [-0.05, 0) is 31.2 Å². The fourth-order valence-corrected chi connectivity index (χ4v) is 2.34. The maximum atomic E-state index is 12.0. The van der Waals surface area contributed by atoms with Crippen molar-refractivity contribution in [1.29, 1.82) is 0 Å². The Balaban J connectivity index is 1.68. The van der Waals surface area contributed by atoms with Gasteiger partial charge in [0, 0.05) is 18.1 Å². The summed E-state index contributed by atoms with van der Waals surface area (Å²) in [5.41, 5.74) is 2.46. The van der Waals surface area contributed by atoms with Crippen molar-refractivity contribution in [2.75, 3.05) is 11.9 Å². The van der Waals surface area contributed by atoms with Gasteiger partial charge in [0.05, 0.1) is 10.7 Å². The lowest BCUT2D eigenvalue weighted by atomic mass is 10.3. The second-order valence-corrected chi connectivity index (χ2v) is 5.16. The van der Waals surface area contributed by atoms with E-state index < -0.39 is 0 Å². The minimum Gasteiger partial charge on any atom is -0.482 e. The van der Waals surface area contributed by atoms with Crippen molar-refractivity contribution >= 4 is 28.8 Å². The predicted molar refractivity (Wildman–Crippen MR) is 85.5 cm³/mol. The van der Waals surface area contributed by atoms with E-state index in [4.69, 9.17) is 16.3 Å². The third-order valence-electron chi connectivity index (χ3n) is 3.29. The van der Waals surface area contributed by atoms with E-state index >= 15 is 0 Å². The number of benzene rings is 1. The van der Waals surface area contributed by atoms with Crippen molar-refractivity contribution in [2.45, 2.75) is 6.92 Å². The molecule has 1 N–H and O–H groups in total. The van der Waals surface area contributed by atoms with Crippen LogP contribution in [0.5, 0.6) is 5.75 Å². The molecule has 0 aliphatic heterocycles. The van der Waals surface area contributed by atoms with E-state index in [1.165, 1.54) is 0 Å². The molecule has 2 aromatic heterocycles. The Morgan fingerprint density at radius 3 is 2.95 bits per heavy atom. The zero-order valence-electron chi connectivity index (χ0n) is 11.9. The van der Waals surface area contributed by atoms with Crippen molar-refractivity contribution < 1.29 is 9.53 Å². The van der Waals surface area contributed by atoms with Gasteiger partial charge in [-0.2, -0.15) is 0 Å². The highest BCUT2D eigenvalue weighted by Gasteiger charge is 2.09. The third-order valence-corrected chi connectivity index (χ3v) is 3.60. The van der Waals surface area contributed by atoms with Crippen LogP contribution in [-0.4, -0.2) is 21.9 Å². The number of nitrogens with zero attached hydrogens (tertiary/aromatic N) is 2. The fraction of sp³-hybridized carbons (Fsp3) is 0.125. The average molecular weight is 316 g/mol. The third kappa shape index (κ3) is 2.89. The summed E-state index contributed by atoms with van der Waals surface area (Å²) in [6.45, 7) is 1.81. The molecule has 3 rings (SSSR count). The van der Waals surface area contributed by atoms with Crippen molar-refractivity contribution in [3.63, 3.8) is 0 Å². The minimum atomic E-state index is -0.248. The molecule has 0 aliphatic carbocycles. The summed E-state index contributed by atoms with van der Waals surface area (Å²) in [6, 6.07) is 10.7. The van der Waals surface area contributed by atoms with Gasteiger partial charge in [-0.15, -0.1) is 0 Å². The molecule has 0 saturated carbocycles. The number of imidazole rings is 1. The maximum Gasteiger partial charge on any atom is 0.262 e. The van der Waals surface area contributed by atoms with Crippen LogP contribution in [0, 0.1) is 6.92 Å². The van der Waals surface area contributed by atoms with Gasteiger partial charge in [-0.3, -0.25) is 4.79 Å². The van der Waals surface area contributed by atoms with Gasteiger partial charge in [0.15, 0.2) is 6.61 Å². The van der Waals surface area contributed by atoms with Crippen LogP contribution in [-0.2, 0) is 4.79 Å². The Kier molecular flexibility index (Phi) is 3.98. The number of para-hydroxylation sites is 1. The van der Waals surface area contributed by atoms with Gasteiger partial charge < -0.3 is 14.5 Å². The number of carbonyl (C=O) groups is 1. The summed E-state index contributed by atoms with van der Waals surface area (Å²) < 4.78 is 7.33. The summed E-state index contributed by atoms with van der Waals surface area (Å²) in [4.78, 5) is 16.2. The quantitative estimate of drug-likeness (QED) is 0.803. The number of aromatic nitrogens is 2. The van der Waals surface area contributed by atoms with E-state index in [0.29, 0.717) is 10.8 Å². The summed E-state index contributed by atoms with van der Waals surface area (Å²) in [5, 5.41) is 3.30. The smallest absolute Gasteiger partial charge is 0.262 e. The highest BCUT2D eigenvalue weighted by atomic mass is 35.5. The molecule has 0 aliphatic rings. The number of hydrogen-bond acceptors (Lipinski definition) is 3. The number of amides is 1. The first kappa shape index (κ1) is 14.4. The van der Waals surface area contributed by atoms with E-state index in [1.54, 1.807) is 30.5 Å². The van der Waals surface area contributed by atoms with Gasteiger partial charge in [-0.25, -0.2) is 4.98 Å². The van der Waals surface area contributed by atoms with Crippen LogP contribution in [0.1, 0.15) is 5.69 Å². The number of anilines is 1. The summed E-state index contributed by atoms with van der Waals surface area (Å²) in [7, 11) is 0. The molecular formula is C16H14ClN3O2. The van der Waals surface area contributed by atoms with Gasteiger partial charge >= 0.3 is 0 Å². The van der Waals surface area contributed by atoms with Crippen LogP contribution in [0.2, 0.25) is 5.02 Å². The monoisotopic (exact) mass is 315 g/mol. The number of rotatable bonds is 4. The normalized spacial score (nSPS) is 10.6. The molecular weight excluding hydrogens is 302 g/mol. The highest BCUT2D eigenvalue weighted by molar-refractivity contribution is 6.32. The van der Waals surface area contributed by atoms with Gasteiger partial charge in [0.2, 0.25) is 0 Å². The standard InChI is InChI=1S/C16H14ClN3O2/c1-11-13(6-7-15-18-8-9-20(11)15)19-16(21)10-22-14-5-3-2-4-12(14)17/h2-9H,10H2,1H3,(H,19,21). The first-order valence-corrected chi connectivity index (χ1v) is 7.13. The molecule has 1 amide bonds. The molecule has 3 aromatic rings. The second-order valence-electron chi connectivity index (χ2n) is 4.76. The van der Waals surface area contributed by atoms with Crippen molar-refractivity contribution in [3.8, 4) is 5.75 Å². The van der Waals surface area contributed by atoms with Crippen LogP contribution in [0.3, 0.4) is 0 Å². The van der Waals surface area contributed by atoms with Crippen molar-refractivity contribution in [1.82, 2.24) is 9.38 Å². The first-order chi connectivity index (χ1) is 10.6. The first-order valence-electron chi connectivity index (χ1n) is 6.75. The summed E-state index contributed by atoms with van der Waals surface area (Å²) >= 11 is 5.98. The van der Waals surface area contributed by atoms with E-state index in [2.05, 4.69) is 10.3 Å².